The van der Waals surface area contributed by atoms with Gasteiger partial charge in [-0.05, 0) is 61.4 Å². The molecule has 2 heterocycles. The SMILES string of the molecule is CCc1nc2c(-c3ccc(C(F)(F)F)cc3C)ccnc2n1C(CC)C1CC1. The van der Waals surface area contributed by atoms with Crippen LogP contribution in [0.25, 0.3) is 22.3 Å². The molecule has 3 nitrogen and oxygen atoms in total. The van der Waals surface area contributed by atoms with Crippen molar-refractivity contribution in [2.45, 2.75) is 58.7 Å². The highest BCUT2D eigenvalue weighted by atomic mass is 19.4. The normalized spacial score (nSPS) is 15.9. The Labute approximate surface area is 162 Å². The molecule has 3 aromatic rings. The lowest BCUT2D eigenvalue weighted by molar-refractivity contribution is -0.137. The van der Waals surface area contributed by atoms with Crippen molar-refractivity contribution in [1.82, 2.24) is 14.5 Å². The van der Waals surface area contributed by atoms with Crippen LogP contribution in [0.3, 0.4) is 0 Å². The van der Waals surface area contributed by atoms with E-state index in [-0.39, 0.29) is 0 Å². The lowest BCUT2D eigenvalue weighted by Gasteiger charge is -2.19. The van der Waals surface area contributed by atoms with Crippen molar-refractivity contribution < 1.29 is 13.2 Å². The molecule has 1 aromatic carbocycles. The quantitative estimate of drug-likeness (QED) is 0.511. The number of halogens is 3. The van der Waals surface area contributed by atoms with Gasteiger partial charge >= 0.3 is 6.18 Å². The molecular weight excluding hydrogens is 363 g/mol. The van der Waals surface area contributed by atoms with Crippen molar-refractivity contribution in [3.05, 3.63) is 47.4 Å². The molecule has 4 rings (SSSR count). The van der Waals surface area contributed by atoms with E-state index in [9.17, 15) is 13.2 Å². The molecule has 1 fully saturated rings. The summed E-state index contributed by atoms with van der Waals surface area (Å²) in [6.45, 7) is 5.99. The van der Waals surface area contributed by atoms with Crippen LogP contribution in [-0.2, 0) is 12.6 Å². The van der Waals surface area contributed by atoms with E-state index in [0.717, 1.165) is 47.0 Å². The molecule has 148 valence electrons. The average Bonchev–Trinajstić information content (AvgIpc) is 3.42. The standard InChI is InChI=1S/C22H24F3N3/c1-4-18(14-6-7-14)28-19(5-2)27-20-17(10-11-26-21(20)28)16-9-8-15(12-13(16)3)22(23,24)25/h8-12,14,18H,4-7H2,1-3H3. The summed E-state index contributed by atoms with van der Waals surface area (Å²) >= 11 is 0. The smallest absolute Gasteiger partial charge is 0.309 e. The molecule has 1 unspecified atom stereocenters. The third-order valence-corrected chi connectivity index (χ3v) is 5.73. The van der Waals surface area contributed by atoms with Gasteiger partial charge in [0.05, 0.1) is 5.56 Å². The van der Waals surface area contributed by atoms with Gasteiger partial charge in [-0.3, -0.25) is 0 Å². The van der Waals surface area contributed by atoms with E-state index in [1.54, 1.807) is 19.2 Å². The van der Waals surface area contributed by atoms with E-state index in [0.29, 0.717) is 17.5 Å². The van der Waals surface area contributed by atoms with E-state index in [4.69, 9.17) is 4.98 Å². The van der Waals surface area contributed by atoms with Crippen molar-refractivity contribution >= 4 is 11.2 Å². The summed E-state index contributed by atoms with van der Waals surface area (Å²) in [4.78, 5) is 9.50. The first-order valence-electron chi connectivity index (χ1n) is 9.89. The molecule has 1 saturated carbocycles. The summed E-state index contributed by atoms with van der Waals surface area (Å²) in [5, 5.41) is 0. The molecule has 1 aliphatic rings. The fourth-order valence-corrected chi connectivity index (χ4v) is 4.20. The van der Waals surface area contributed by atoms with Crippen LogP contribution in [0.2, 0.25) is 0 Å². The van der Waals surface area contributed by atoms with Gasteiger partial charge in [0, 0.05) is 24.2 Å². The second-order valence-corrected chi connectivity index (χ2v) is 7.62. The number of nitrogens with zero attached hydrogens (tertiary/aromatic N) is 3. The molecule has 1 atom stereocenters. The largest absolute Gasteiger partial charge is 0.416 e. The Bertz CT molecular complexity index is 1020. The number of pyridine rings is 1. The molecule has 0 amide bonds. The monoisotopic (exact) mass is 387 g/mol. The van der Waals surface area contributed by atoms with E-state index in [2.05, 4.69) is 23.4 Å². The second kappa shape index (κ2) is 6.90. The maximum Gasteiger partial charge on any atom is 0.416 e. The van der Waals surface area contributed by atoms with E-state index >= 15 is 0 Å². The molecule has 0 radical (unpaired) electrons. The predicted molar refractivity (Wildman–Crippen MR) is 104 cm³/mol. The Balaban J connectivity index is 1.89. The van der Waals surface area contributed by atoms with Crippen LogP contribution in [0.4, 0.5) is 13.2 Å². The second-order valence-electron chi connectivity index (χ2n) is 7.62. The fraction of sp³-hybridized carbons (Fsp3) is 0.455. The van der Waals surface area contributed by atoms with Gasteiger partial charge < -0.3 is 4.57 Å². The summed E-state index contributed by atoms with van der Waals surface area (Å²) in [5.74, 6) is 1.67. The van der Waals surface area contributed by atoms with Crippen LogP contribution in [-0.4, -0.2) is 14.5 Å². The number of fused-ring (bicyclic) bond motifs is 1. The summed E-state index contributed by atoms with van der Waals surface area (Å²) in [6.07, 6.45) is 1.69. The number of benzene rings is 1. The third-order valence-electron chi connectivity index (χ3n) is 5.73. The average molecular weight is 387 g/mol. The maximum absolute atomic E-state index is 13.0. The maximum atomic E-state index is 13.0. The van der Waals surface area contributed by atoms with Gasteiger partial charge in [-0.15, -0.1) is 0 Å². The summed E-state index contributed by atoms with van der Waals surface area (Å²) in [6, 6.07) is 6.14. The van der Waals surface area contributed by atoms with E-state index in [1.165, 1.54) is 18.9 Å². The van der Waals surface area contributed by atoms with Crippen LogP contribution in [0, 0.1) is 12.8 Å². The topological polar surface area (TPSA) is 30.7 Å². The number of aromatic nitrogens is 3. The first-order valence-corrected chi connectivity index (χ1v) is 9.89. The van der Waals surface area contributed by atoms with Gasteiger partial charge in [-0.25, -0.2) is 9.97 Å². The Morgan fingerprint density at radius 1 is 1.14 bits per heavy atom. The van der Waals surface area contributed by atoms with Crippen LogP contribution in [0.15, 0.2) is 30.5 Å². The summed E-state index contributed by atoms with van der Waals surface area (Å²) in [5.41, 5.74) is 3.19. The molecular formula is C22H24F3N3. The van der Waals surface area contributed by atoms with Crippen molar-refractivity contribution in [3.63, 3.8) is 0 Å². The molecule has 0 aliphatic heterocycles. The lowest BCUT2D eigenvalue weighted by Crippen LogP contribution is -2.13. The van der Waals surface area contributed by atoms with Gasteiger partial charge in [-0.1, -0.05) is 19.9 Å². The van der Waals surface area contributed by atoms with Crippen LogP contribution in [0.1, 0.15) is 56.1 Å². The number of aryl methyl sites for hydroxylation is 2. The first kappa shape index (κ1) is 19.0. The van der Waals surface area contributed by atoms with Gasteiger partial charge in [0.25, 0.3) is 0 Å². The van der Waals surface area contributed by atoms with Gasteiger partial charge in [-0.2, -0.15) is 13.2 Å². The van der Waals surface area contributed by atoms with Gasteiger partial charge in [0.15, 0.2) is 5.65 Å². The minimum atomic E-state index is -4.34. The minimum absolute atomic E-state index is 0.386. The Kier molecular flexibility index (Phi) is 4.68. The molecule has 0 saturated heterocycles. The zero-order valence-electron chi connectivity index (χ0n) is 16.3. The summed E-state index contributed by atoms with van der Waals surface area (Å²) < 4.78 is 41.4. The molecule has 2 aromatic heterocycles. The highest BCUT2D eigenvalue weighted by Crippen LogP contribution is 2.44. The van der Waals surface area contributed by atoms with Crippen molar-refractivity contribution in [2.24, 2.45) is 5.92 Å². The Morgan fingerprint density at radius 2 is 1.89 bits per heavy atom. The number of hydrogen-bond donors (Lipinski definition) is 0. The van der Waals surface area contributed by atoms with Crippen molar-refractivity contribution in [1.29, 1.82) is 0 Å². The summed E-state index contributed by atoms with van der Waals surface area (Å²) in [7, 11) is 0. The molecule has 0 bridgehead atoms. The molecule has 0 N–H and O–H groups in total. The van der Waals surface area contributed by atoms with Crippen LogP contribution < -0.4 is 0 Å². The van der Waals surface area contributed by atoms with E-state index in [1.807, 2.05) is 6.07 Å². The third kappa shape index (κ3) is 3.19. The van der Waals surface area contributed by atoms with Crippen molar-refractivity contribution in [2.75, 3.05) is 0 Å². The van der Waals surface area contributed by atoms with Crippen LogP contribution in [0.5, 0.6) is 0 Å². The minimum Gasteiger partial charge on any atom is -0.309 e. The number of alkyl halides is 3. The molecule has 1 aliphatic carbocycles. The number of imidazole rings is 1. The highest BCUT2D eigenvalue weighted by Gasteiger charge is 2.34. The predicted octanol–water partition coefficient (Wildman–Crippen LogP) is 6.35. The molecule has 28 heavy (non-hydrogen) atoms. The fourth-order valence-electron chi connectivity index (χ4n) is 4.20. The Hall–Kier alpha value is -2.37. The Morgan fingerprint density at radius 3 is 2.46 bits per heavy atom. The van der Waals surface area contributed by atoms with E-state index < -0.39 is 11.7 Å². The molecule has 6 heteroatoms. The number of rotatable bonds is 5. The molecule has 0 spiro atoms. The lowest BCUT2D eigenvalue weighted by atomic mass is 9.98. The van der Waals surface area contributed by atoms with Crippen molar-refractivity contribution in [3.8, 4) is 11.1 Å². The van der Waals surface area contributed by atoms with Gasteiger partial charge in [0.1, 0.15) is 11.3 Å². The van der Waals surface area contributed by atoms with Gasteiger partial charge in [0.2, 0.25) is 0 Å². The zero-order valence-corrected chi connectivity index (χ0v) is 16.3. The highest BCUT2D eigenvalue weighted by molar-refractivity contribution is 5.91. The van der Waals surface area contributed by atoms with Crippen LogP contribution >= 0.6 is 0 Å². The number of hydrogen-bond acceptors (Lipinski definition) is 2. The zero-order chi connectivity index (χ0) is 20.1. The first-order chi connectivity index (χ1) is 13.3.